The van der Waals surface area contributed by atoms with Crippen molar-refractivity contribution in [2.24, 2.45) is 17.8 Å². The number of rotatable bonds is 6. The first-order chi connectivity index (χ1) is 13.0. The van der Waals surface area contributed by atoms with Crippen molar-refractivity contribution < 1.29 is 14.3 Å². The molecule has 0 heterocycles. The number of carbonyl (C=O) groups excluding carboxylic acids is 1. The Kier molecular flexibility index (Phi) is 6.94. The van der Waals surface area contributed by atoms with Crippen molar-refractivity contribution >= 4 is 5.78 Å². The van der Waals surface area contributed by atoms with Gasteiger partial charge < -0.3 is 5.11 Å². The number of benzene rings is 1. The van der Waals surface area contributed by atoms with Crippen LogP contribution in [0.15, 0.2) is 12.1 Å². The molecule has 0 bridgehead atoms. The van der Waals surface area contributed by atoms with Crippen molar-refractivity contribution in [3.05, 3.63) is 29.1 Å². The first kappa shape index (κ1) is 20.4. The summed E-state index contributed by atoms with van der Waals surface area (Å²) in [5, 5.41) is 10.1. The fraction of sp³-hybridized carbons (Fsp3) is 0.708. The highest BCUT2D eigenvalue weighted by Gasteiger charge is 2.32. The maximum absolute atomic E-state index is 14.7. The van der Waals surface area contributed by atoms with Crippen LogP contribution in [-0.4, -0.2) is 10.9 Å². The Morgan fingerprint density at radius 2 is 1.59 bits per heavy atom. The summed E-state index contributed by atoms with van der Waals surface area (Å²) in [6.07, 6.45) is 12.9. The number of phenolic OH excluding ortho intramolecular Hbond substituents is 1. The molecular weight excluding hydrogens is 339 g/mol. The van der Waals surface area contributed by atoms with Crippen molar-refractivity contribution in [3.63, 3.8) is 0 Å². The lowest BCUT2D eigenvalue weighted by Crippen LogP contribution is -2.25. The summed E-state index contributed by atoms with van der Waals surface area (Å²) in [5.41, 5.74) is 0.724. The van der Waals surface area contributed by atoms with Crippen LogP contribution in [0, 0.1) is 23.6 Å². The monoisotopic (exact) mass is 374 g/mol. The standard InChI is InChI=1S/C24H35FO2/c1-3-5-16-6-8-17(9-7-16)18-10-12-19(13-11-18)20-14-15-21(22(26)4-2)24(27)23(20)25/h14-19,27H,3-13H2,1-2H3. The van der Waals surface area contributed by atoms with E-state index in [2.05, 4.69) is 6.92 Å². The molecular formula is C24H35FO2. The van der Waals surface area contributed by atoms with Gasteiger partial charge in [-0.15, -0.1) is 0 Å². The highest BCUT2D eigenvalue weighted by Crippen LogP contribution is 2.45. The Morgan fingerprint density at radius 1 is 1.00 bits per heavy atom. The van der Waals surface area contributed by atoms with Crippen molar-refractivity contribution in [3.8, 4) is 5.75 Å². The van der Waals surface area contributed by atoms with Gasteiger partial charge in [-0.3, -0.25) is 4.79 Å². The lowest BCUT2D eigenvalue weighted by molar-refractivity contribution is 0.0984. The van der Waals surface area contributed by atoms with Gasteiger partial charge in [-0.2, -0.15) is 0 Å². The van der Waals surface area contributed by atoms with E-state index in [1.807, 2.05) is 0 Å². The summed E-state index contributed by atoms with van der Waals surface area (Å²) in [6, 6.07) is 3.35. The van der Waals surface area contributed by atoms with Crippen LogP contribution < -0.4 is 0 Å². The lowest BCUT2D eigenvalue weighted by Gasteiger charge is -2.38. The van der Waals surface area contributed by atoms with E-state index < -0.39 is 11.6 Å². The first-order valence-electron chi connectivity index (χ1n) is 11.1. The van der Waals surface area contributed by atoms with Crippen molar-refractivity contribution in [1.29, 1.82) is 0 Å². The number of hydrogen-bond donors (Lipinski definition) is 1. The van der Waals surface area contributed by atoms with E-state index in [4.69, 9.17) is 0 Å². The molecule has 0 aliphatic heterocycles. The largest absolute Gasteiger partial charge is 0.504 e. The third-order valence-corrected chi connectivity index (χ3v) is 7.23. The van der Waals surface area contributed by atoms with Crippen LogP contribution in [0.1, 0.15) is 106 Å². The SMILES string of the molecule is CCCC1CCC(C2CCC(c3ccc(C(=O)CC)c(O)c3F)CC2)CC1. The molecule has 2 aliphatic rings. The number of hydrogen-bond acceptors (Lipinski definition) is 2. The van der Waals surface area contributed by atoms with Gasteiger partial charge >= 0.3 is 0 Å². The number of carbonyl (C=O) groups is 1. The Morgan fingerprint density at radius 3 is 2.15 bits per heavy atom. The summed E-state index contributed by atoms with van der Waals surface area (Å²) < 4.78 is 14.7. The average molecular weight is 375 g/mol. The Balaban J connectivity index is 1.58. The van der Waals surface area contributed by atoms with Crippen molar-refractivity contribution in [2.75, 3.05) is 0 Å². The van der Waals surface area contributed by atoms with E-state index >= 15 is 0 Å². The zero-order valence-corrected chi connectivity index (χ0v) is 17.0. The molecule has 2 fully saturated rings. The average Bonchev–Trinajstić information content (AvgIpc) is 2.70. The van der Waals surface area contributed by atoms with Gasteiger partial charge in [0.2, 0.25) is 0 Å². The number of phenols is 1. The maximum Gasteiger partial charge on any atom is 0.169 e. The van der Waals surface area contributed by atoms with E-state index in [0.29, 0.717) is 5.56 Å². The molecule has 1 aromatic rings. The summed E-state index contributed by atoms with van der Waals surface area (Å²) in [4.78, 5) is 11.8. The van der Waals surface area contributed by atoms with Gasteiger partial charge in [0, 0.05) is 6.42 Å². The van der Waals surface area contributed by atoms with Crippen LogP contribution in [0.2, 0.25) is 0 Å². The summed E-state index contributed by atoms with van der Waals surface area (Å²) >= 11 is 0. The highest BCUT2D eigenvalue weighted by atomic mass is 19.1. The van der Waals surface area contributed by atoms with E-state index in [0.717, 1.165) is 30.6 Å². The van der Waals surface area contributed by atoms with Crippen molar-refractivity contribution in [2.45, 2.75) is 90.4 Å². The summed E-state index contributed by atoms with van der Waals surface area (Å²) in [5.74, 6) is 1.55. The third kappa shape index (κ3) is 4.55. The Hall–Kier alpha value is -1.38. The maximum atomic E-state index is 14.7. The molecule has 3 heteroatoms. The van der Waals surface area contributed by atoms with Crippen LogP contribution in [-0.2, 0) is 0 Å². The number of halogens is 1. The topological polar surface area (TPSA) is 37.3 Å². The second kappa shape index (κ2) is 9.21. The minimum atomic E-state index is -0.571. The predicted molar refractivity (Wildman–Crippen MR) is 108 cm³/mol. The van der Waals surface area contributed by atoms with Crippen LogP contribution in [0.25, 0.3) is 0 Å². The van der Waals surface area contributed by atoms with Crippen LogP contribution in [0.5, 0.6) is 5.75 Å². The lowest BCUT2D eigenvalue weighted by atomic mass is 9.68. The molecule has 27 heavy (non-hydrogen) atoms. The van der Waals surface area contributed by atoms with Gasteiger partial charge in [-0.1, -0.05) is 45.6 Å². The summed E-state index contributed by atoms with van der Waals surface area (Å²) in [7, 11) is 0. The number of aromatic hydroxyl groups is 1. The molecule has 0 saturated heterocycles. The van der Waals surface area contributed by atoms with Gasteiger partial charge in [0.05, 0.1) is 5.56 Å². The molecule has 0 radical (unpaired) electrons. The molecule has 0 unspecified atom stereocenters. The molecule has 0 amide bonds. The van der Waals surface area contributed by atoms with E-state index in [-0.39, 0.29) is 23.7 Å². The molecule has 2 aliphatic carbocycles. The van der Waals surface area contributed by atoms with Gasteiger partial charge in [-0.25, -0.2) is 4.39 Å². The molecule has 1 aromatic carbocycles. The zero-order valence-electron chi connectivity index (χ0n) is 17.0. The highest BCUT2D eigenvalue weighted by molar-refractivity contribution is 5.98. The normalized spacial score (nSPS) is 28.9. The predicted octanol–water partition coefficient (Wildman–Crippen LogP) is 7.00. The second-order valence-electron chi connectivity index (χ2n) is 8.82. The molecule has 150 valence electrons. The summed E-state index contributed by atoms with van der Waals surface area (Å²) in [6.45, 7) is 4.01. The molecule has 2 nitrogen and oxygen atoms in total. The minimum Gasteiger partial charge on any atom is -0.504 e. The zero-order chi connectivity index (χ0) is 19.4. The van der Waals surface area contributed by atoms with Gasteiger partial charge in [-0.05, 0) is 73.8 Å². The molecule has 0 spiro atoms. The van der Waals surface area contributed by atoms with E-state index in [9.17, 15) is 14.3 Å². The van der Waals surface area contributed by atoms with Crippen LogP contribution >= 0.6 is 0 Å². The van der Waals surface area contributed by atoms with Crippen LogP contribution in [0.4, 0.5) is 4.39 Å². The molecule has 1 N–H and O–H groups in total. The van der Waals surface area contributed by atoms with Gasteiger partial charge in [0.25, 0.3) is 0 Å². The number of Topliss-reactive ketones (excluding diaryl/α,β-unsaturated/α-hetero) is 1. The van der Waals surface area contributed by atoms with Gasteiger partial charge in [0.1, 0.15) is 0 Å². The van der Waals surface area contributed by atoms with Crippen LogP contribution in [0.3, 0.4) is 0 Å². The van der Waals surface area contributed by atoms with Crippen molar-refractivity contribution in [1.82, 2.24) is 0 Å². The quantitative estimate of drug-likeness (QED) is 0.544. The minimum absolute atomic E-state index is 0.122. The Labute approximate surface area is 163 Å². The smallest absolute Gasteiger partial charge is 0.169 e. The third-order valence-electron chi connectivity index (χ3n) is 7.23. The molecule has 0 atom stereocenters. The second-order valence-corrected chi connectivity index (χ2v) is 8.82. The fourth-order valence-corrected chi connectivity index (χ4v) is 5.57. The molecule has 3 rings (SSSR count). The van der Waals surface area contributed by atoms with E-state index in [1.54, 1.807) is 19.1 Å². The fourth-order valence-electron chi connectivity index (χ4n) is 5.57. The molecule has 0 aromatic heterocycles. The van der Waals surface area contributed by atoms with E-state index in [1.165, 1.54) is 51.4 Å². The van der Waals surface area contributed by atoms with Gasteiger partial charge in [0.15, 0.2) is 17.3 Å². The first-order valence-corrected chi connectivity index (χ1v) is 11.1. The Bertz CT molecular complexity index is 638. The molecule has 2 saturated carbocycles. The number of ketones is 1.